The predicted molar refractivity (Wildman–Crippen MR) is 63.2 cm³/mol. The minimum atomic E-state index is -0.235. The van der Waals surface area contributed by atoms with E-state index < -0.39 is 0 Å². The minimum Gasteiger partial charge on any atom is -0.493 e. The fourth-order valence-corrected chi connectivity index (χ4v) is 2.15. The lowest BCUT2D eigenvalue weighted by molar-refractivity contribution is 0.185. The van der Waals surface area contributed by atoms with Crippen LogP contribution in [0.15, 0.2) is 4.79 Å². The molecule has 0 aliphatic carbocycles. The number of aromatic amines is 1. The molecule has 0 radical (unpaired) electrons. The first kappa shape index (κ1) is 12.1. The van der Waals surface area contributed by atoms with Crippen LogP contribution < -0.4 is 5.56 Å². The number of aromatic hydroxyl groups is 1. The number of aromatic nitrogens is 2. The number of hydrogen-bond donors (Lipinski definition) is 2. The van der Waals surface area contributed by atoms with E-state index in [1.165, 1.54) is 0 Å². The van der Waals surface area contributed by atoms with Crippen LogP contribution in [0.2, 0.25) is 0 Å². The van der Waals surface area contributed by atoms with Gasteiger partial charge in [0.25, 0.3) is 5.56 Å². The zero-order valence-electron chi connectivity index (χ0n) is 10.2. The summed E-state index contributed by atoms with van der Waals surface area (Å²) >= 11 is 0. The van der Waals surface area contributed by atoms with Crippen molar-refractivity contribution >= 4 is 0 Å². The quantitative estimate of drug-likeness (QED) is 0.829. The van der Waals surface area contributed by atoms with Gasteiger partial charge in [0.1, 0.15) is 5.82 Å². The lowest BCUT2D eigenvalue weighted by atomic mass is 10.0. The van der Waals surface area contributed by atoms with Crippen molar-refractivity contribution in [3.05, 3.63) is 21.7 Å². The maximum atomic E-state index is 11.8. The standard InChI is InChI=1S/C12H18N2O3/c1-7(2)10-11(15)13-9(14-12(10)16)5-8-3-4-17-6-8/h7-8H,3-6H2,1-2H3,(H2,13,14,15,16). The van der Waals surface area contributed by atoms with Crippen LogP contribution in [0.1, 0.15) is 37.6 Å². The maximum absolute atomic E-state index is 11.8. The van der Waals surface area contributed by atoms with Gasteiger partial charge in [0.2, 0.25) is 5.88 Å². The molecule has 0 spiro atoms. The summed E-state index contributed by atoms with van der Waals surface area (Å²) in [5.74, 6) is 0.766. The van der Waals surface area contributed by atoms with Gasteiger partial charge in [-0.15, -0.1) is 0 Å². The summed E-state index contributed by atoms with van der Waals surface area (Å²) in [5, 5.41) is 9.75. The summed E-state index contributed by atoms with van der Waals surface area (Å²) in [6.07, 6.45) is 1.64. The molecule has 0 aromatic carbocycles. The smallest absolute Gasteiger partial charge is 0.258 e. The maximum Gasteiger partial charge on any atom is 0.258 e. The Kier molecular flexibility index (Phi) is 3.47. The monoisotopic (exact) mass is 238 g/mol. The number of nitrogens with one attached hydrogen (secondary N) is 1. The molecular formula is C12H18N2O3. The van der Waals surface area contributed by atoms with Gasteiger partial charge in [-0.1, -0.05) is 13.8 Å². The molecule has 1 aliphatic rings. The molecule has 1 unspecified atom stereocenters. The normalized spacial score (nSPS) is 20.1. The Bertz CT molecular complexity index is 448. The van der Waals surface area contributed by atoms with Crippen molar-refractivity contribution in [2.75, 3.05) is 13.2 Å². The van der Waals surface area contributed by atoms with E-state index in [9.17, 15) is 9.90 Å². The molecule has 0 amide bonds. The van der Waals surface area contributed by atoms with Crippen LogP contribution in [-0.4, -0.2) is 28.3 Å². The highest BCUT2D eigenvalue weighted by Crippen LogP contribution is 2.21. The highest BCUT2D eigenvalue weighted by molar-refractivity contribution is 5.25. The topological polar surface area (TPSA) is 75.2 Å². The molecule has 17 heavy (non-hydrogen) atoms. The van der Waals surface area contributed by atoms with E-state index in [2.05, 4.69) is 9.97 Å². The molecule has 1 aromatic rings. The van der Waals surface area contributed by atoms with Gasteiger partial charge >= 0.3 is 0 Å². The number of hydrogen-bond acceptors (Lipinski definition) is 4. The van der Waals surface area contributed by atoms with Gasteiger partial charge < -0.3 is 14.8 Å². The van der Waals surface area contributed by atoms with Crippen molar-refractivity contribution in [3.8, 4) is 5.88 Å². The molecule has 0 bridgehead atoms. The zero-order valence-corrected chi connectivity index (χ0v) is 10.2. The van der Waals surface area contributed by atoms with E-state index in [-0.39, 0.29) is 17.4 Å². The molecule has 5 nitrogen and oxygen atoms in total. The van der Waals surface area contributed by atoms with Crippen molar-refractivity contribution < 1.29 is 9.84 Å². The molecular weight excluding hydrogens is 220 g/mol. The van der Waals surface area contributed by atoms with Crippen LogP contribution in [0.5, 0.6) is 5.88 Å². The van der Waals surface area contributed by atoms with Crippen molar-refractivity contribution in [2.24, 2.45) is 5.92 Å². The fraction of sp³-hybridized carbons (Fsp3) is 0.667. The van der Waals surface area contributed by atoms with Gasteiger partial charge in [0.15, 0.2) is 0 Å². The third-order valence-electron chi connectivity index (χ3n) is 3.07. The largest absolute Gasteiger partial charge is 0.493 e. The van der Waals surface area contributed by atoms with E-state index in [0.717, 1.165) is 13.0 Å². The molecule has 1 aliphatic heterocycles. The van der Waals surface area contributed by atoms with E-state index >= 15 is 0 Å². The summed E-state index contributed by atoms with van der Waals surface area (Å²) in [6, 6.07) is 0. The van der Waals surface area contributed by atoms with Crippen molar-refractivity contribution in [1.82, 2.24) is 9.97 Å². The van der Waals surface area contributed by atoms with Crippen LogP contribution in [0.25, 0.3) is 0 Å². The zero-order chi connectivity index (χ0) is 12.4. The summed E-state index contributed by atoms with van der Waals surface area (Å²) in [7, 11) is 0. The van der Waals surface area contributed by atoms with Gasteiger partial charge in [-0.05, 0) is 18.3 Å². The number of ether oxygens (including phenoxy) is 1. The number of rotatable bonds is 3. The third-order valence-corrected chi connectivity index (χ3v) is 3.07. The lowest BCUT2D eigenvalue weighted by Crippen LogP contribution is -2.19. The molecule has 94 valence electrons. The summed E-state index contributed by atoms with van der Waals surface area (Å²) in [6.45, 7) is 5.19. The fourth-order valence-electron chi connectivity index (χ4n) is 2.15. The van der Waals surface area contributed by atoms with Crippen LogP contribution >= 0.6 is 0 Å². The summed E-state index contributed by atoms with van der Waals surface area (Å²) in [4.78, 5) is 18.6. The minimum absolute atomic E-state index is 0.0323. The van der Waals surface area contributed by atoms with E-state index in [0.29, 0.717) is 30.3 Å². The van der Waals surface area contributed by atoms with Crippen molar-refractivity contribution in [1.29, 1.82) is 0 Å². The number of nitrogens with zero attached hydrogens (tertiary/aromatic N) is 1. The average Bonchev–Trinajstić information content (AvgIpc) is 2.68. The Balaban J connectivity index is 2.22. The third kappa shape index (κ3) is 2.66. The van der Waals surface area contributed by atoms with E-state index in [4.69, 9.17) is 4.74 Å². The van der Waals surface area contributed by atoms with Gasteiger partial charge in [0.05, 0.1) is 5.56 Å². The molecule has 0 saturated carbocycles. The van der Waals surface area contributed by atoms with Crippen LogP contribution in [-0.2, 0) is 11.2 Å². The highest BCUT2D eigenvalue weighted by Gasteiger charge is 2.19. The van der Waals surface area contributed by atoms with Crippen LogP contribution in [0, 0.1) is 5.92 Å². The highest BCUT2D eigenvalue weighted by atomic mass is 16.5. The molecule has 2 heterocycles. The van der Waals surface area contributed by atoms with Crippen LogP contribution in [0.3, 0.4) is 0 Å². The molecule has 5 heteroatoms. The van der Waals surface area contributed by atoms with E-state index in [1.54, 1.807) is 0 Å². The second-order valence-corrected chi connectivity index (χ2v) is 4.84. The van der Waals surface area contributed by atoms with Gasteiger partial charge in [0, 0.05) is 19.6 Å². The van der Waals surface area contributed by atoms with E-state index in [1.807, 2.05) is 13.8 Å². The molecule has 1 aromatic heterocycles. The summed E-state index contributed by atoms with van der Waals surface area (Å²) in [5.41, 5.74) is 0.123. The van der Waals surface area contributed by atoms with Crippen molar-refractivity contribution in [3.63, 3.8) is 0 Å². The summed E-state index contributed by atoms with van der Waals surface area (Å²) < 4.78 is 5.27. The Morgan fingerprint density at radius 1 is 1.59 bits per heavy atom. The Morgan fingerprint density at radius 3 is 2.88 bits per heavy atom. The Hall–Kier alpha value is -1.36. The van der Waals surface area contributed by atoms with Gasteiger partial charge in [-0.3, -0.25) is 4.79 Å². The van der Waals surface area contributed by atoms with Crippen LogP contribution in [0.4, 0.5) is 0 Å². The first-order chi connectivity index (χ1) is 8.08. The van der Waals surface area contributed by atoms with Gasteiger partial charge in [-0.25, -0.2) is 4.98 Å². The van der Waals surface area contributed by atoms with Gasteiger partial charge in [-0.2, -0.15) is 0 Å². The second-order valence-electron chi connectivity index (χ2n) is 4.84. The average molecular weight is 238 g/mol. The molecule has 1 atom stereocenters. The lowest BCUT2D eigenvalue weighted by Gasteiger charge is -2.10. The number of H-pyrrole nitrogens is 1. The Morgan fingerprint density at radius 2 is 2.35 bits per heavy atom. The SMILES string of the molecule is CC(C)c1c(O)nc(CC2CCOC2)[nH]c1=O. The first-order valence-corrected chi connectivity index (χ1v) is 5.97. The van der Waals surface area contributed by atoms with Crippen molar-refractivity contribution in [2.45, 2.75) is 32.6 Å². The molecule has 2 rings (SSSR count). The second kappa shape index (κ2) is 4.87. The molecule has 1 saturated heterocycles. The predicted octanol–water partition coefficient (Wildman–Crippen LogP) is 1.18. The molecule has 1 fully saturated rings. The first-order valence-electron chi connectivity index (χ1n) is 5.97. The molecule has 2 N–H and O–H groups in total. The Labute approximate surface area is 99.9 Å².